The van der Waals surface area contributed by atoms with Crippen molar-refractivity contribution in [2.24, 2.45) is 0 Å². The molecule has 2 heterocycles. The van der Waals surface area contributed by atoms with Crippen LogP contribution in [0.3, 0.4) is 0 Å². The molecule has 3 aromatic rings. The van der Waals surface area contributed by atoms with Crippen molar-refractivity contribution in [3.8, 4) is 5.69 Å². The summed E-state index contributed by atoms with van der Waals surface area (Å²) in [5.41, 5.74) is 3.50. The van der Waals surface area contributed by atoms with Gasteiger partial charge in [-0.25, -0.2) is 17.9 Å². The molecule has 0 bridgehead atoms. The van der Waals surface area contributed by atoms with Crippen LogP contribution < -0.4 is 0 Å². The Hall–Kier alpha value is -2.97. The van der Waals surface area contributed by atoms with Gasteiger partial charge in [0.25, 0.3) is 0 Å². The number of hydrogen-bond acceptors (Lipinski definition) is 5. The molecule has 0 saturated heterocycles. The molecule has 0 atom stereocenters. The Morgan fingerprint density at radius 3 is 2.42 bits per heavy atom. The summed E-state index contributed by atoms with van der Waals surface area (Å²) in [5, 5.41) is 4.51. The first-order chi connectivity index (χ1) is 15.0. The summed E-state index contributed by atoms with van der Waals surface area (Å²) in [7, 11) is -3.70. The van der Waals surface area contributed by atoms with Crippen LogP contribution in [-0.4, -0.2) is 41.6 Å². The monoisotopic (exact) mass is 439 g/mol. The molecule has 0 fully saturated rings. The predicted octanol–water partition coefficient (Wildman–Crippen LogP) is 3.36. The van der Waals surface area contributed by atoms with E-state index in [1.54, 1.807) is 23.7 Å². The summed E-state index contributed by atoms with van der Waals surface area (Å²) in [5.74, 6) is -0.542. The van der Waals surface area contributed by atoms with E-state index in [4.69, 9.17) is 4.74 Å². The fourth-order valence-electron chi connectivity index (χ4n) is 3.79. The minimum Gasteiger partial charge on any atom is -0.461 e. The Kier molecular flexibility index (Phi) is 5.93. The van der Waals surface area contributed by atoms with Gasteiger partial charge in [0.05, 0.1) is 22.9 Å². The van der Waals surface area contributed by atoms with Gasteiger partial charge in [0.1, 0.15) is 0 Å². The fourth-order valence-corrected chi connectivity index (χ4v) is 5.20. The van der Waals surface area contributed by atoms with Crippen LogP contribution in [0.5, 0.6) is 0 Å². The number of sulfonamides is 1. The quantitative estimate of drug-likeness (QED) is 0.550. The first kappa shape index (κ1) is 21.3. The van der Waals surface area contributed by atoms with Crippen LogP contribution in [0.4, 0.5) is 0 Å². The lowest BCUT2D eigenvalue weighted by atomic mass is 10.1. The van der Waals surface area contributed by atoms with E-state index in [-0.39, 0.29) is 23.7 Å². The highest BCUT2D eigenvalue weighted by molar-refractivity contribution is 7.89. The SMILES string of the molecule is CCOC(=O)c1nn(-c2ccccc2)c2c1CN(S(=O)(=O)c1ccc(CC)cc1)CC2. The topological polar surface area (TPSA) is 81.5 Å². The zero-order valence-corrected chi connectivity index (χ0v) is 18.4. The Labute approximate surface area is 182 Å². The summed E-state index contributed by atoms with van der Waals surface area (Å²) in [6.07, 6.45) is 1.29. The zero-order valence-electron chi connectivity index (χ0n) is 17.6. The highest BCUT2D eigenvalue weighted by Crippen LogP contribution is 2.29. The normalized spacial score (nSPS) is 14.3. The van der Waals surface area contributed by atoms with Crippen molar-refractivity contribution in [1.82, 2.24) is 14.1 Å². The molecule has 162 valence electrons. The second-order valence-electron chi connectivity index (χ2n) is 7.33. The second kappa shape index (κ2) is 8.64. The number of esters is 1. The van der Waals surface area contributed by atoms with E-state index in [0.717, 1.165) is 23.4 Å². The van der Waals surface area contributed by atoms with E-state index >= 15 is 0 Å². The largest absolute Gasteiger partial charge is 0.461 e. The van der Waals surface area contributed by atoms with Crippen molar-refractivity contribution in [2.75, 3.05) is 13.2 Å². The van der Waals surface area contributed by atoms with Crippen molar-refractivity contribution in [1.29, 1.82) is 0 Å². The fraction of sp³-hybridized carbons (Fsp3) is 0.304. The molecule has 1 aromatic heterocycles. The molecular weight excluding hydrogens is 414 g/mol. The van der Waals surface area contributed by atoms with Crippen molar-refractivity contribution < 1.29 is 17.9 Å². The second-order valence-corrected chi connectivity index (χ2v) is 9.27. The molecule has 1 aliphatic heterocycles. The van der Waals surface area contributed by atoms with Crippen LogP contribution in [0.25, 0.3) is 5.69 Å². The van der Waals surface area contributed by atoms with E-state index in [9.17, 15) is 13.2 Å². The third-order valence-electron chi connectivity index (χ3n) is 5.46. The Balaban J connectivity index is 1.73. The van der Waals surface area contributed by atoms with E-state index < -0.39 is 16.0 Å². The molecule has 0 amide bonds. The summed E-state index contributed by atoms with van der Waals surface area (Å²) in [4.78, 5) is 12.8. The molecule has 4 rings (SSSR count). The van der Waals surface area contributed by atoms with Crippen molar-refractivity contribution in [2.45, 2.75) is 38.1 Å². The van der Waals surface area contributed by atoms with Gasteiger partial charge in [-0.05, 0) is 43.2 Å². The molecule has 1 aliphatic rings. The molecule has 7 nitrogen and oxygen atoms in total. The first-order valence-electron chi connectivity index (χ1n) is 10.4. The van der Waals surface area contributed by atoms with Crippen LogP contribution >= 0.6 is 0 Å². The molecule has 31 heavy (non-hydrogen) atoms. The molecule has 0 N–H and O–H groups in total. The molecule has 2 aromatic carbocycles. The average molecular weight is 440 g/mol. The number of para-hydroxylation sites is 1. The molecule has 0 spiro atoms. The van der Waals surface area contributed by atoms with Crippen LogP contribution in [-0.2, 0) is 34.1 Å². The maximum absolute atomic E-state index is 13.3. The van der Waals surface area contributed by atoms with Gasteiger partial charge in [0.2, 0.25) is 10.0 Å². The van der Waals surface area contributed by atoms with E-state index in [2.05, 4.69) is 5.10 Å². The van der Waals surface area contributed by atoms with Gasteiger partial charge >= 0.3 is 5.97 Å². The van der Waals surface area contributed by atoms with Crippen molar-refractivity contribution >= 4 is 16.0 Å². The average Bonchev–Trinajstić information content (AvgIpc) is 3.19. The van der Waals surface area contributed by atoms with E-state index in [1.165, 1.54) is 4.31 Å². The van der Waals surface area contributed by atoms with Crippen molar-refractivity contribution in [3.05, 3.63) is 77.1 Å². The van der Waals surface area contributed by atoms with E-state index in [1.807, 2.05) is 49.4 Å². The van der Waals surface area contributed by atoms with Gasteiger partial charge < -0.3 is 4.74 Å². The van der Waals surface area contributed by atoms with Gasteiger partial charge in [0, 0.05) is 25.1 Å². The Bertz CT molecular complexity index is 1190. The lowest BCUT2D eigenvalue weighted by Crippen LogP contribution is -2.36. The van der Waals surface area contributed by atoms with Gasteiger partial charge in [-0.1, -0.05) is 37.3 Å². The number of carbonyl (C=O) groups is 1. The minimum atomic E-state index is -3.70. The number of aryl methyl sites for hydroxylation is 1. The maximum Gasteiger partial charge on any atom is 0.359 e. The number of nitrogens with zero attached hydrogens (tertiary/aromatic N) is 3. The van der Waals surface area contributed by atoms with Crippen molar-refractivity contribution in [3.63, 3.8) is 0 Å². The van der Waals surface area contributed by atoms with Gasteiger partial charge in [-0.3, -0.25) is 0 Å². The molecule has 0 radical (unpaired) electrons. The Morgan fingerprint density at radius 2 is 1.77 bits per heavy atom. The lowest BCUT2D eigenvalue weighted by molar-refractivity contribution is 0.0517. The lowest BCUT2D eigenvalue weighted by Gasteiger charge is -2.27. The summed E-state index contributed by atoms with van der Waals surface area (Å²) < 4.78 is 34.9. The molecule has 0 saturated carbocycles. The van der Waals surface area contributed by atoms with Gasteiger partial charge in [0.15, 0.2) is 5.69 Å². The number of aromatic nitrogens is 2. The molecular formula is C23H25N3O4S. The zero-order chi connectivity index (χ0) is 22.0. The van der Waals surface area contributed by atoms with E-state index in [0.29, 0.717) is 18.5 Å². The van der Waals surface area contributed by atoms with Crippen LogP contribution in [0, 0.1) is 0 Å². The van der Waals surface area contributed by atoms with Gasteiger partial charge in [-0.15, -0.1) is 0 Å². The van der Waals surface area contributed by atoms with Crippen LogP contribution in [0.15, 0.2) is 59.5 Å². The summed E-state index contributed by atoms with van der Waals surface area (Å²) in [6.45, 7) is 4.36. The number of carbonyl (C=O) groups excluding carboxylic acids is 1. The third kappa shape index (κ3) is 4.00. The highest BCUT2D eigenvalue weighted by atomic mass is 32.2. The standard InChI is InChI=1S/C23H25N3O4S/c1-3-17-10-12-19(13-11-17)31(28,29)25-15-14-21-20(16-25)22(23(27)30-4-2)24-26(21)18-8-6-5-7-9-18/h5-13H,3-4,14-16H2,1-2H3. The predicted molar refractivity (Wildman–Crippen MR) is 117 cm³/mol. The first-order valence-corrected chi connectivity index (χ1v) is 11.8. The van der Waals surface area contributed by atoms with Gasteiger partial charge in [-0.2, -0.15) is 9.40 Å². The molecule has 8 heteroatoms. The Morgan fingerprint density at radius 1 is 1.06 bits per heavy atom. The number of rotatable bonds is 6. The summed E-state index contributed by atoms with van der Waals surface area (Å²) in [6, 6.07) is 16.5. The minimum absolute atomic E-state index is 0.0776. The smallest absolute Gasteiger partial charge is 0.359 e. The molecule has 0 unspecified atom stereocenters. The summed E-state index contributed by atoms with van der Waals surface area (Å²) >= 11 is 0. The maximum atomic E-state index is 13.3. The van der Waals surface area contributed by atoms with Crippen LogP contribution in [0.2, 0.25) is 0 Å². The number of hydrogen-bond donors (Lipinski definition) is 0. The number of benzene rings is 2. The molecule has 0 aliphatic carbocycles. The van der Waals surface area contributed by atoms with Crippen LogP contribution in [0.1, 0.15) is 41.2 Å². The third-order valence-corrected chi connectivity index (χ3v) is 7.32. The number of fused-ring (bicyclic) bond motifs is 1. The number of ether oxygens (including phenoxy) is 1. The highest BCUT2D eigenvalue weighted by Gasteiger charge is 2.34.